The third-order valence-electron chi connectivity index (χ3n) is 3.27. The Bertz CT molecular complexity index is 557. The van der Waals surface area contributed by atoms with Crippen molar-refractivity contribution >= 4 is 11.8 Å². The SMILES string of the molecule is CCC[C@@H](C)Nc1nc(N)ncc1CCc1cccnn1. The van der Waals surface area contributed by atoms with Gasteiger partial charge in [0.25, 0.3) is 0 Å². The number of rotatable bonds is 7. The number of nitrogens with one attached hydrogen (secondary N) is 1. The van der Waals surface area contributed by atoms with Crippen molar-refractivity contribution in [1.29, 1.82) is 0 Å². The summed E-state index contributed by atoms with van der Waals surface area (Å²) in [6, 6.07) is 4.22. The van der Waals surface area contributed by atoms with Crippen LogP contribution in [0.2, 0.25) is 0 Å². The van der Waals surface area contributed by atoms with Crippen molar-refractivity contribution in [2.24, 2.45) is 0 Å². The zero-order valence-electron chi connectivity index (χ0n) is 12.6. The minimum absolute atomic E-state index is 0.296. The lowest BCUT2D eigenvalue weighted by Crippen LogP contribution is -2.18. The van der Waals surface area contributed by atoms with Crippen molar-refractivity contribution in [2.75, 3.05) is 11.1 Å². The summed E-state index contributed by atoms with van der Waals surface area (Å²) in [4.78, 5) is 8.42. The second-order valence-electron chi connectivity index (χ2n) is 5.15. The highest BCUT2D eigenvalue weighted by atomic mass is 15.1. The molecule has 2 aromatic rings. The minimum atomic E-state index is 0.296. The number of hydrogen-bond acceptors (Lipinski definition) is 6. The van der Waals surface area contributed by atoms with Crippen LogP contribution < -0.4 is 11.1 Å². The molecule has 21 heavy (non-hydrogen) atoms. The van der Waals surface area contributed by atoms with E-state index < -0.39 is 0 Å². The summed E-state index contributed by atoms with van der Waals surface area (Å²) < 4.78 is 0. The third-order valence-corrected chi connectivity index (χ3v) is 3.27. The highest BCUT2D eigenvalue weighted by molar-refractivity contribution is 5.47. The molecule has 1 atom stereocenters. The van der Waals surface area contributed by atoms with Crippen LogP contribution in [0.5, 0.6) is 0 Å². The highest BCUT2D eigenvalue weighted by Gasteiger charge is 2.09. The number of nitrogens with two attached hydrogens (primary N) is 1. The average Bonchev–Trinajstić information content (AvgIpc) is 2.48. The summed E-state index contributed by atoms with van der Waals surface area (Å²) in [6.45, 7) is 4.32. The molecule has 6 heteroatoms. The Hall–Kier alpha value is -2.24. The van der Waals surface area contributed by atoms with E-state index in [-0.39, 0.29) is 0 Å². The zero-order valence-corrected chi connectivity index (χ0v) is 12.6. The summed E-state index contributed by atoms with van der Waals surface area (Å²) >= 11 is 0. The van der Waals surface area contributed by atoms with Crippen LogP contribution in [0.4, 0.5) is 11.8 Å². The molecule has 112 valence electrons. The Balaban J connectivity index is 2.07. The molecule has 0 amide bonds. The van der Waals surface area contributed by atoms with Crippen LogP contribution >= 0.6 is 0 Å². The van der Waals surface area contributed by atoms with Gasteiger partial charge in [0.05, 0.1) is 5.69 Å². The minimum Gasteiger partial charge on any atom is -0.368 e. The van der Waals surface area contributed by atoms with Gasteiger partial charge in [0.1, 0.15) is 5.82 Å². The number of nitrogen functional groups attached to an aromatic ring is 1. The van der Waals surface area contributed by atoms with Crippen LogP contribution in [0.3, 0.4) is 0 Å². The first kappa shape index (κ1) is 15.2. The van der Waals surface area contributed by atoms with Gasteiger partial charge in [-0.1, -0.05) is 13.3 Å². The quantitative estimate of drug-likeness (QED) is 0.811. The lowest BCUT2D eigenvalue weighted by Gasteiger charge is -2.16. The second-order valence-corrected chi connectivity index (χ2v) is 5.15. The van der Waals surface area contributed by atoms with Crippen LogP contribution in [0.15, 0.2) is 24.5 Å². The fourth-order valence-electron chi connectivity index (χ4n) is 2.20. The molecule has 2 rings (SSSR count). The molecule has 6 nitrogen and oxygen atoms in total. The highest BCUT2D eigenvalue weighted by Crippen LogP contribution is 2.17. The van der Waals surface area contributed by atoms with Gasteiger partial charge in [-0.15, -0.1) is 0 Å². The Morgan fingerprint density at radius 3 is 2.90 bits per heavy atom. The van der Waals surface area contributed by atoms with Gasteiger partial charge in [-0.25, -0.2) is 4.98 Å². The molecule has 0 aliphatic heterocycles. The summed E-state index contributed by atoms with van der Waals surface area (Å²) in [5, 5.41) is 11.4. The predicted molar refractivity (Wildman–Crippen MR) is 83.9 cm³/mol. The summed E-state index contributed by atoms with van der Waals surface area (Å²) in [7, 11) is 0. The molecule has 0 fully saturated rings. The van der Waals surface area contributed by atoms with Crippen LogP contribution in [0.25, 0.3) is 0 Å². The van der Waals surface area contributed by atoms with Crippen molar-refractivity contribution in [3.05, 3.63) is 35.8 Å². The van der Waals surface area contributed by atoms with Gasteiger partial charge in [-0.2, -0.15) is 15.2 Å². The monoisotopic (exact) mass is 286 g/mol. The fourth-order valence-corrected chi connectivity index (χ4v) is 2.20. The lowest BCUT2D eigenvalue weighted by atomic mass is 10.1. The van der Waals surface area contributed by atoms with Gasteiger partial charge in [0.2, 0.25) is 5.95 Å². The van der Waals surface area contributed by atoms with Crippen LogP contribution in [0.1, 0.15) is 37.9 Å². The smallest absolute Gasteiger partial charge is 0.221 e. The maximum atomic E-state index is 5.70. The second kappa shape index (κ2) is 7.52. The Kier molecular flexibility index (Phi) is 5.43. The Labute approximate surface area is 125 Å². The molecular weight excluding hydrogens is 264 g/mol. The van der Waals surface area contributed by atoms with Crippen LogP contribution in [-0.2, 0) is 12.8 Å². The number of aryl methyl sites for hydroxylation is 2. The molecule has 0 bridgehead atoms. The van der Waals surface area contributed by atoms with Crippen molar-refractivity contribution in [3.63, 3.8) is 0 Å². The largest absolute Gasteiger partial charge is 0.368 e. The fraction of sp³-hybridized carbons (Fsp3) is 0.467. The van der Waals surface area contributed by atoms with Gasteiger partial charge in [0, 0.05) is 24.0 Å². The normalized spacial score (nSPS) is 12.1. The van der Waals surface area contributed by atoms with E-state index in [0.717, 1.165) is 42.8 Å². The maximum Gasteiger partial charge on any atom is 0.221 e. The third kappa shape index (κ3) is 4.66. The molecule has 0 aliphatic carbocycles. The number of aromatic nitrogens is 4. The topological polar surface area (TPSA) is 89.6 Å². The van der Waals surface area contributed by atoms with Crippen LogP contribution in [0, 0.1) is 0 Å². The van der Waals surface area contributed by atoms with Gasteiger partial charge in [-0.05, 0) is 38.3 Å². The molecule has 0 spiro atoms. The van der Waals surface area contributed by atoms with E-state index >= 15 is 0 Å². The van der Waals surface area contributed by atoms with E-state index in [9.17, 15) is 0 Å². The summed E-state index contributed by atoms with van der Waals surface area (Å²) in [5.41, 5.74) is 7.71. The van der Waals surface area contributed by atoms with Crippen molar-refractivity contribution in [3.8, 4) is 0 Å². The van der Waals surface area contributed by atoms with Gasteiger partial charge in [-0.3, -0.25) is 0 Å². The van der Waals surface area contributed by atoms with E-state index in [4.69, 9.17) is 5.73 Å². The van der Waals surface area contributed by atoms with Crippen LogP contribution in [-0.4, -0.2) is 26.2 Å². The molecule has 0 unspecified atom stereocenters. The van der Waals surface area contributed by atoms with E-state index in [1.54, 1.807) is 12.4 Å². The van der Waals surface area contributed by atoms with Gasteiger partial charge < -0.3 is 11.1 Å². The van der Waals surface area contributed by atoms with E-state index in [1.165, 1.54) is 0 Å². The molecule has 0 saturated heterocycles. The van der Waals surface area contributed by atoms with E-state index in [0.29, 0.717) is 12.0 Å². The first-order valence-electron chi connectivity index (χ1n) is 7.33. The Morgan fingerprint density at radius 2 is 2.19 bits per heavy atom. The number of nitrogens with zero attached hydrogens (tertiary/aromatic N) is 4. The first-order valence-corrected chi connectivity index (χ1v) is 7.33. The molecular formula is C15H22N6. The van der Waals surface area contributed by atoms with E-state index in [2.05, 4.69) is 39.3 Å². The first-order chi connectivity index (χ1) is 10.2. The Morgan fingerprint density at radius 1 is 1.33 bits per heavy atom. The molecule has 0 radical (unpaired) electrons. The van der Waals surface area contributed by atoms with E-state index in [1.807, 2.05) is 12.1 Å². The van der Waals surface area contributed by atoms with Gasteiger partial charge >= 0.3 is 0 Å². The summed E-state index contributed by atoms with van der Waals surface area (Å²) in [5.74, 6) is 1.12. The average molecular weight is 286 g/mol. The molecule has 2 heterocycles. The standard InChI is InChI=1S/C15H22N6/c1-3-5-11(2)19-14-12(10-17-15(16)20-14)7-8-13-6-4-9-18-21-13/h4,6,9-11H,3,5,7-8H2,1-2H3,(H3,16,17,19,20)/t11-/m1/s1. The van der Waals surface area contributed by atoms with Gasteiger partial charge in [0.15, 0.2) is 0 Å². The molecule has 0 saturated carbocycles. The molecule has 0 aliphatic rings. The lowest BCUT2D eigenvalue weighted by molar-refractivity contribution is 0.685. The maximum absolute atomic E-state index is 5.70. The summed E-state index contributed by atoms with van der Waals surface area (Å²) in [6.07, 6.45) is 7.30. The number of hydrogen-bond donors (Lipinski definition) is 2. The zero-order chi connectivity index (χ0) is 15.1. The molecule has 0 aromatic carbocycles. The van der Waals surface area contributed by atoms with Crippen molar-refractivity contribution < 1.29 is 0 Å². The van der Waals surface area contributed by atoms with Crippen molar-refractivity contribution in [2.45, 2.75) is 45.6 Å². The number of anilines is 2. The predicted octanol–water partition coefficient (Wildman–Crippen LogP) is 2.23. The van der Waals surface area contributed by atoms with Crippen molar-refractivity contribution in [1.82, 2.24) is 20.2 Å². The molecule has 3 N–H and O–H groups in total. The molecule has 2 aromatic heterocycles.